The molecule has 1 N–H and O–H groups in total. The Kier molecular flexibility index (Phi) is 4.99. The standard InChI is InChI=1S/C14H18FN3S/c1-3-5-12-14(19-18-17-12)13(16-2)9-10-6-4-7-11(15)8-10/h4,6-8,13,16H,3,5,9H2,1-2H3. The summed E-state index contributed by atoms with van der Waals surface area (Å²) in [6.07, 6.45) is 2.73. The van der Waals surface area contributed by atoms with Crippen LogP contribution in [-0.2, 0) is 12.8 Å². The fourth-order valence-electron chi connectivity index (χ4n) is 2.12. The Morgan fingerprint density at radius 2 is 2.26 bits per heavy atom. The average molecular weight is 279 g/mol. The van der Waals surface area contributed by atoms with Crippen LogP contribution in [-0.4, -0.2) is 16.6 Å². The van der Waals surface area contributed by atoms with Crippen molar-refractivity contribution in [1.29, 1.82) is 0 Å². The van der Waals surface area contributed by atoms with E-state index in [1.165, 1.54) is 17.6 Å². The van der Waals surface area contributed by atoms with Gasteiger partial charge in [-0.15, -0.1) is 5.10 Å². The van der Waals surface area contributed by atoms with Crippen molar-refractivity contribution in [3.63, 3.8) is 0 Å². The molecule has 0 spiro atoms. The summed E-state index contributed by atoms with van der Waals surface area (Å²) in [6, 6.07) is 6.88. The number of nitrogens with one attached hydrogen (secondary N) is 1. The summed E-state index contributed by atoms with van der Waals surface area (Å²) in [4.78, 5) is 1.16. The molecule has 0 aliphatic carbocycles. The van der Waals surface area contributed by atoms with Gasteiger partial charge in [0.25, 0.3) is 0 Å². The molecule has 0 fully saturated rings. The maximum absolute atomic E-state index is 13.2. The third kappa shape index (κ3) is 3.58. The molecule has 0 aliphatic rings. The van der Waals surface area contributed by atoms with E-state index in [1.54, 1.807) is 12.1 Å². The minimum absolute atomic E-state index is 0.142. The van der Waals surface area contributed by atoms with E-state index in [4.69, 9.17) is 0 Å². The zero-order valence-corrected chi connectivity index (χ0v) is 12.0. The molecule has 3 nitrogen and oxygen atoms in total. The van der Waals surface area contributed by atoms with Crippen LogP contribution in [0.15, 0.2) is 24.3 Å². The van der Waals surface area contributed by atoms with Crippen LogP contribution in [0, 0.1) is 5.82 Å². The van der Waals surface area contributed by atoms with Crippen molar-refractivity contribution in [2.24, 2.45) is 0 Å². The summed E-state index contributed by atoms with van der Waals surface area (Å²) in [5.74, 6) is -0.191. The lowest BCUT2D eigenvalue weighted by Crippen LogP contribution is -2.19. The number of benzene rings is 1. The Labute approximate surface area is 117 Å². The topological polar surface area (TPSA) is 37.8 Å². The SMILES string of the molecule is CCCc1nnsc1C(Cc1cccc(F)c1)NC. The molecular weight excluding hydrogens is 261 g/mol. The maximum Gasteiger partial charge on any atom is 0.123 e. The fraction of sp³-hybridized carbons (Fsp3) is 0.429. The first-order valence-electron chi connectivity index (χ1n) is 6.47. The van der Waals surface area contributed by atoms with E-state index in [9.17, 15) is 4.39 Å². The summed E-state index contributed by atoms with van der Waals surface area (Å²) in [5, 5.41) is 7.47. The number of nitrogens with zero attached hydrogens (tertiary/aromatic N) is 2. The van der Waals surface area contributed by atoms with Crippen LogP contribution in [0.1, 0.15) is 35.5 Å². The van der Waals surface area contributed by atoms with Crippen molar-refractivity contribution >= 4 is 11.5 Å². The highest BCUT2D eigenvalue weighted by atomic mass is 32.1. The fourth-order valence-corrected chi connectivity index (χ4v) is 2.92. The molecule has 102 valence electrons. The van der Waals surface area contributed by atoms with Crippen LogP contribution in [0.3, 0.4) is 0 Å². The summed E-state index contributed by atoms with van der Waals surface area (Å²) in [5.41, 5.74) is 2.04. The normalized spacial score (nSPS) is 12.6. The van der Waals surface area contributed by atoms with Crippen LogP contribution in [0.25, 0.3) is 0 Å². The largest absolute Gasteiger partial charge is 0.312 e. The number of hydrogen-bond acceptors (Lipinski definition) is 4. The van der Waals surface area contributed by atoms with Gasteiger partial charge in [0.1, 0.15) is 5.82 Å². The predicted octanol–water partition coefficient (Wildman–Crippen LogP) is 3.13. The quantitative estimate of drug-likeness (QED) is 0.882. The first-order chi connectivity index (χ1) is 9.24. The van der Waals surface area contributed by atoms with Crippen molar-refractivity contribution in [1.82, 2.24) is 14.9 Å². The predicted molar refractivity (Wildman–Crippen MR) is 75.8 cm³/mol. The molecular formula is C14H18FN3S. The number of aryl methyl sites for hydroxylation is 1. The number of halogens is 1. The summed E-state index contributed by atoms with van der Waals surface area (Å²) in [6.45, 7) is 2.13. The van der Waals surface area contributed by atoms with Crippen LogP contribution >= 0.6 is 11.5 Å². The Balaban J connectivity index is 2.18. The molecule has 0 bridgehead atoms. The lowest BCUT2D eigenvalue weighted by molar-refractivity contribution is 0.585. The molecule has 0 saturated heterocycles. The number of aromatic nitrogens is 2. The highest BCUT2D eigenvalue weighted by molar-refractivity contribution is 7.05. The highest BCUT2D eigenvalue weighted by Crippen LogP contribution is 2.25. The van der Waals surface area contributed by atoms with Crippen molar-refractivity contribution in [2.45, 2.75) is 32.2 Å². The second-order valence-corrected chi connectivity index (χ2v) is 5.29. The molecule has 2 aromatic rings. The van der Waals surface area contributed by atoms with Gasteiger partial charge in [-0.3, -0.25) is 0 Å². The van der Waals surface area contributed by atoms with Crippen LogP contribution in [0.4, 0.5) is 4.39 Å². The van der Waals surface area contributed by atoms with Gasteiger partial charge in [0.2, 0.25) is 0 Å². The van der Waals surface area contributed by atoms with E-state index < -0.39 is 0 Å². The van der Waals surface area contributed by atoms with Crippen LogP contribution in [0.2, 0.25) is 0 Å². The Bertz CT molecular complexity index is 527. The molecule has 0 amide bonds. The molecule has 5 heteroatoms. The van der Waals surface area contributed by atoms with Crippen molar-refractivity contribution < 1.29 is 4.39 Å². The maximum atomic E-state index is 13.2. The molecule has 1 aromatic heterocycles. The zero-order chi connectivity index (χ0) is 13.7. The molecule has 1 aromatic carbocycles. The Morgan fingerprint density at radius 1 is 1.42 bits per heavy atom. The minimum atomic E-state index is -0.191. The smallest absolute Gasteiger partial charge is 0.123 e. The molecule has 19 heavy (non-hydrogen) atoms. The molecule has 0 aliphatic heterocycles. The minimum Gasteiger partial charge on any atom is -0.312 e. The summed E-state index contributed by atoms with van der Waals surface area (Å²) >= 11 is 1.43. The Morgan fingerprint density at radius 3 is 2.95 bits per heavy atom. The molecule has 1 heterocycles. The van der Waals surface area contributed by atoms with Crippen molar-refractivity contribution in [2.75, 3.05) is 7.05 Å². The molecule has 2 rings (SSSR count). The van der Waals surface area contributed by atoms with Crippen LogP contribution < -0.4 is 5.32 Å². The van der Waals surface area contributed by atoms with Gasteiger partial charge in [0.15, 0.2) is 0 Å². The van der Waals surface area contributed by atoms with E-state index in [0.29, 0.717) is 0 Å². The lowest BCUT2D eigenvalue weighted by atomic mass is 10.0. The van der Waals surface area contributed by atoms with Gasteiger partial charge in [-0.05, 0) is 49.1 Å². The Hall–Kier alpha value is -1.33. The van der Waals surface area contributed by atoms with Gasteiger partial charge < -0.3 is 5.32 Å². The molecule has 0 saturated carbocycles. The van der Waals surface area contributed by atoms with E-state index in [2.05, 4.69) is 21.8 Å². The third-order valence-corrected chi connectivity index (χ3v) is 3.95. The van der Waals surface area contributed by atoms with Crippen LogP contribution in [0.5, 0.6) is 0 Å². The van der Waals surface area contributed by atoms with Gasteiger partial charge in [-0.1, -0.05) is 30.0 Å². The van der Waals surface area contributed by atoms with Gasteiger partial charge in [0.05, 0.1) is 10.6 Å². The zero-order valence-electron chi connectivity index (χ0n) is 11.2. The van der Waals surface area contributed by atoms with E-state index >= 15 is 0 Å². The first-order valence-corrected chi connectivity index (χ1v) is 7.24. The number of likely N-dealkylation sites (N-methyl/N-ethyl adjacent to an activating group) is 1. The number of hydrogen-bond donors (Lipinski definition) is 1. The first kappa shape index (κ1) is 14.1. The van der Waals surface area contributed by atoms with Gasteiger partial charge in [-0.25, -0.2) is 4.39 Å². The molecule has 0 radical (unpaired) electrons. The third-order valence-electron chi connectivity index (χ3n) is 3.07. The average Bonchev–Trinajstić information content (AvgIpc) is 2.85. The van der Waals surface area contributed by atoms with Gasteiger partial charge >= 0.3 is 0 Å². The summed E-state index contributed by atoms with van der Waals surface area (Å²) < 4.78 is 17.3. The highest BCUT2D eigenvalue weighted by Gasteiger charge is 2.18. The molecule has 1 unspecified atom stereocenters. The van der Waals surface area contributed by atoms with E-state index in [1.807, 2.05) is 13.1 Å². The van der Waals surface area contributed by atoms with Crippen molar-refractivity contribution in [3.05, 3.63) is 46.2 Å². The van der Waals surface area contributed by atoms with Gasteiger partial charge in [0, 0.05) is 6.04 Å². The molecule has 1 atom stereocenters. The summed E-state index contributed by atoms with van der Waals surface area (Å²) in [7, 11) is 1.92. The second-order valence-electron chi connectivity index (χ2n) is 4.51. The second kappa shape index (κ2) is 6.73. The lowest BCUT2D eigenvalue weighted by Gasteiger charge is -2.15. The van der Waals surface area contributed by atoms with E-state index in [-0.39, 0.29) is 11.9 Å². The van der Waals surface area contributed by atoms with Gasteiger partial charge in [-0.2, -0.15) is 0 Å². The monoisotopic (exact) mass is 279 g/mol. The number of rotatable bonds is 6. The van der Waals surface area contributed by atoms with Crippen molar-refractivity contribution in [3.8, 4) is 0 Å². The van der Waals surface area contributed by atoms with E-state index in [0.717, 1.165) is 35.4 Å².